The Balaban J connectivity index is 0.690. The molecule has 2 aliphatic rings. The molecule has 3 heteroatoms. The monoisotopic (exact) mass is 1050 g/mol. The van der Waals surface area contributed by atoms with Crippen LogP contribution in [0.3, 0.4) is 0 Å². The first-order valence-electron chi connectivity index (χ1n) is 28.2. The Morgan fingerprint density at radius 3 is 0.926 bits per heavy atom. The molecule has 0 unspecified atom stereocenters. The van der Waals surface area contributed by atoms with Crippen LogP contribution < -0.4 is 9.80 Å². The summed E-state index contributed by atoms with van der Waals surface area (Å²) in [5.41, 5.74) is 19.7. The molecule has 386 valence electrons. The Morgan fingerprint density at radius 1 is 0.284 bits per heavy atom. The summed E-state index contributed by atoms with van der Waals surface area (Å²) < 4.78 is 0. The smallest absolute Gasteiger partial charge is 0.0540 e. The van der Waals surface area contributed by atoms with Crippen molar-refractivity contribution in [2.75, 3.05) is 9.80 Å². The molecular weight excluding hydrogens is 997 g/mol. The number of hydrogen-bond acceptors (Lipinski definition) is 3. The van der Waals surface area contributed by atoms with Gasteiger partial charge in [0.2, 0.25) is 0 Å². The van der Waals surface area contributed by atoms with Gasteiger partial charge in [-0.2, -0.15) is 0 Å². The maximum atomic E-state index is 2.47. The van der Waals surface area contributed by atoms with Crippen LogP contribution in [0.1, 0.15) is 70.8 Å². The number of hydrogen-bond donors (Lipinski definition) is 0. The van der Waals surface area contributed by atoms with E-state index in [9.17, 15) is 0 Å². The second kappa shape index (κ2) is 19.1. The van der Waals surface area contributed by atoms with Crippen LogP contribution in [0.15, 0.2) is 255 Å². The van der Waals surface area contributed by atoms with Crippen LogP contribution in [0.5, 0.6) is 0 Å². The topological polar surface area (TPSA) is 6.48 Å². The molecule has 0 saturated carbocycles. The molecule has 12 aromatic carbocycles. The lowest BCUT2D eigenvalue weighted by atomic mass is 9.81. The molecule has 13 aromatic rings. The Hall–Kier alpha value is -9.54. The minimum absolute atomic E-state index is 0.204. The lowest BCUT2D eigenvalue weighted by molar-refractivity contribution is 0.660. The van der Waals surface area contributed by atoms with Crippen molar-refractivity contribution in [3.8, 4) is 22.3 Å². The summed E-state index contributed by atoms with van der Waals surface area (Å²) in [6.07, 6.45) is 9.10. The van der Waals surface area contributed by atoms with Crippen molar-refractivity contribution in [3.05, 3.63) is 298 Å². The van der Waals surface area contributed by atoms with Gasteiger partial charge in [-0.15, -0.1) is 11.3 Å². The molecule has 0 atom stereocenters. The van der Waals surface area contributed by atoms with E-state index in [-0.39, 0.29) is 10.8 Å². The van der Waals surface area contributed by atoms with Crippen molar-refractivity contribution >= 4 is 113 Å². The molecule has 0 bridgehead atoms. The zero-order valence-corrected chi connectivity index (χ0v) is 46.7. The summed E-state index contributed by atoms with van der Waals surface area (Å²) in [5.74, 6) is 0. The highest BCUT2D eigenvalue weighted by atomic mass is 32.1. The number of rotatable bonds is 10. The quantitative estimate of drug-likeness (QED) is 0.135. The van der Waals surface area contributed by atoms with E-state index in [2.05, 4.69) is 317 Å². The summed E-state index contributed by atoms with van der Waals surface area (Å²) in [6, 6.07) is 94.3. The van der Waals surface area contributed by atoms with Crippen LogP contribution in [0.25, 0.3) is 89.6 Å². The van der Waals surface area contributed by atoms with Crippen molar-refractivity contribution in [3.63, 3.8) is 0 Å². The SMILES string of the molecule is CC1(C)c2cc(/C=C/c3ccc(/C=C/c4ccc5c(c4)C(C)(C)c4cc(N(c6cccc7ccccc67)c6cccc7ccccc67)ccc4-5)s3)ccc2-c2ccc(N(c3cccc4ccccc34)c3cccc4ccccc34)cc21. The normalized spacial score (nSPS) is 13.8. The lowest BCUT2D eigenvalue weighted by Gasteiger charge is -2.30. The summed E-state index contributed by atoms with van der Waals surface area (Å²) >= 11 is 1.82. The van der Waals surface area contributed by atoms with Gasteiger partial charge in [-0.05, 0) is 150 Å². The molecule has 15 rings (SSSR count). The standard InChI is InChI=1S/C78H58N2S/c1-77(2)69-47-51(35-43-65(69)67-45-37-57(49-71(67)77)79(73-29-13-21-53-17-5-9-25-61(53)73)74-30-14-22-54-18-6-10-26-62(54)74)33-39-59-41-42-60(81-59)40-34-52-36-44-66-68-46-38-58(50-72(68)78(3,4)70(66)48-52)80(75-31-15-23-55-19-7-11-27-63(55)75)76-32-16-24-56-20-8-12-28-64(56)76/h5-50H,1-4H3/b39-33+,40-34+. The fourth-order valence-corrected chi connectivity index (χ4v) is 14.1. The molecule has 0 fully saturated rings. The van der Waals surface area contributed by atoms with Gasteiger partial charge in [0.1, 0.15) is 0 Å². The van der Waals surface area contributed by atoms with E-state index < -0.39 is 0 Å². The highest BCUT2D eigenvalue weighted by Gasteiger charge is 2.38. The molecule has 0 saturated heterocycles. The van der Waals surface area contributed by atoms with Crippen molar-refractivity contribution in [2.24, 2.45) is 0 Å². The molecule has 0 amide bonds. The summed E-state index contributed by atoms with van der Waals surface area (Å²) in [7, 11) is 0. The minimum atomic E-state index is -0.204. The van der Waals surface area contributed by atoms with Gasteiger partial charge in [0.05, 0.1) is 22.7 Å². The molecule has 0 spiro atoms. The van der Waals surface area contributed by atoms with E-state index in [1.54, 1.807) is 0 Å². The molecule has 2 nitrogen and oxygen atoms in total. The third-order valence-electron chi connectivity index (χ3n) is 17.4. The average Bonchev–Trinajstić information content (AvgIpc) is 3.38. The van der Waals surface area contributed by atoms with Crippen molar-refractivity contribution in [2.45, 2.75) is 38.5 Å². The number of nitrogens with zero attached hydrogens (tertiary/aromatic N) is 2. The third-order valence-corrected chi connectivity index (χ3v) is 18.5. The highest BCUT2D eigenvalue weighted by molar-refractivity contribution is 7.13. The average molecular weight is 1060 g/mol. The molecule has 81 heavy (non-hydrogen) atoms. The fraction of sp³-hybridized carbons (Fsp3) is 0.0769. The van der Waals surface area contributed by atoms with Crippen LogP contribution in [0, 0.1) is 0 Å². The summed E-state index contributed by atoms with van der Waals surface area (Å²) in [4.78, 5) is 7.40. The summed E-state index contributed by atoms with van der Waals surface area (Å²) in [5, 5.41) is 9.82. The van der Waals surface area contributed by atoms with E-state index in [0.717, 1.165) is 11.4 Å². The molecule has 1 aromatic heterocycles. The van der Waals surface area contributed by atoms with Crippen molar-refractivity contribution < 1.29 is 0 Å². The molecule has 1 heterocycles. The first-order valence-corrected chi connectivity index (χ1v) is 29.0. The van der Waals surface area contributed by atoms with Gasteiger partial charge in [-0.25, -0.2) is 0 Å². The molecule has 0 aliphatic heterocycles. The van der Waals surface area contributed by atoms with Gasteiger partial charge in [0, 0.05) is 53.5 Å². The highest BCUT2D eigenvalue weighted by Crippen LogP contribution is 2.54. The Morgan fingerprint density at radius 2 is 0.580 bits per heavy atom. The first-order chi connectivity index (χ1) is 39.7. The van der Waals surface area contributed by atoms with Gasteiger partial charge in [-0.1, -0.05) is 234 Å². The molecule has 0 radical (unpaired) electrons. The Labute approximate surface area is 478 Å². The Kier molecular flexibility index (Phi) is 11.4. The zero-order chi connectivity index (χ0) is 54.4. The van der Waals surface area contributed by atoms with E-state index in [0.29, 0.717) is 0 Å². The van der Waals surface area contributed by atoms with Crippen LogP contribution >= 0.6 is 11.3 Å². The van der Waals surface area contributed by atoms with Gasteiger partial charge in [0.15, 0.2) is 0 Å². The van der Waals surface area contributed by atoms with Crippen LogP contribution in [-0.2, 0) is 10.8 Å². The molecule has 2 aliphatic carbocycles. The second-order valence-corrected chi connectivity index (χ2v) is 24.0. The number of benzene rings is 12. The van der Waals surface area contributed by atoms with E-state index in [1.807, 2.05) is 11.3 Å². The molecule has 0 N–H and O–H groups in total. The maximum Gasteiger partial charge on any atom is 0.0540 e. The van der Waals surface area contributed by atoms with Crippen LogP contribution in [0.2, 0.25) is 0 Å². The predicted molar refractivity (Wildman–Crippen MR) is 350 cm³/mol. The summed E-state index contributed by atoms with van der Waals surface area (Å²) in [6.45, 7) is 9.55. The van der Waals surface area contributed by atoms with E-state index in [1.165, 1.54) is 131 Å². The molecular formula is C78H58N2S. The number of anilines is 6. The fourth-order valence-electron chi connectivity index (χ4n) is 13.3. The largest absolute Gasteiger partial charge is 0.309 e. The van der Waals surface area contributed by atoms with Gasteiger partial charge >= 0.3 is 0 Å². The van der Waals surface area contributed by atoms with Crippen molar-refractivity contribution in [1.29, 1.82) is 0 Å². The van der Waals surface area contributed by atoms with Gasteiger partial charge in [0.25, 0.3) is 0 Å². The predicted octanol–water partition coefficient (Wildman–Crippen LogP) is 22.3. The van der Waals surface area contributed by atoms with Crippen LogP contribution in [-0.4, -0.2) is 0 Å². The van der Waals surface area contributed by atoms with Gasteiger partial charge < -0.3 is 9.80 Å². The van der Waals surface area contributed by atoms with Crippen LogP contribution in [0.4, 0.5) is 34.1 Å². The maximum absolute atomic E-state index is 2.47. The number of fused-ring (bicyclic) bond motifs is 10. The third kappa shape index (κ3) is 8.14. The zero-order valence-electron chi connectivity index (χ0n) is 45.9. The van der Waals surface area contributed by atoms with Gasteiger partial charge in [-0.3, -0.25) is 0 Å². The second-order valence-electron chi connectivity index (χ2n) is 22.9. The van der Waals surface area contributed by atoms with E-state index in [4.69, 9.17) is 0 Å². The van der Waals surface area contributed by atoms with E-state index >= 15 is 0 Å². The number of thiophene rings is 1. The minimum Gasteiger partial charge on any atom is -0.309 e. The van der Waals surface area contributed by atoms with Crippen molar-refractivity contribution in [1.82, 2.24) is 0 Å². The Bertz CT molecular complexity index is 4260. The first kappa shape index (κ1) is 48.6. The lowest BCUT2D eigenvalue weighted by Crippen LogP contribution is -2.17.